The number of nitrogens with one attached hydrogen (secondary N) is 1. The van der Waals surface area contributed by atoms with Crippen LogP contribution in [0.25, 0.3) is 0 Å². The van der Waals surface area contributed by atoms with Crippen LogP contribution in [0.3, 0.4) is 0 Å². The van der Waals surface area contributed by atoms with E-state index in [0.717, 1.165) is 0 Å². The fourth-order valence-corrected chi connectivity index (χ4v) is 2.83. The first-order valence-electron chi connectivity index (χ1n) is 9.73. The number of ether oxygens (including phenoxy) is 4. The zero-order valence-electron chi connectivity index (χ0n) is 17.9. The fourth-order valence-electron chi connectivity index (χ4n) is 2.65. The molecule has 0 saturated carbocycles. The van der Waals surface area contributed by atoms with Gasteiger partial charge in [-0.05, 0) is 66.2 Å². The second kappa shape index (κ2) is 11.5. The summed E-state index contributed by atoms with van der Waals surface area (Å²) in [5.41, 5.74) is 3.35. The number of carbonyl (C=O) groups excluding carboxylic acids is 2. The predicted octanol–water partition coefficient (Wildman–Crippen LogP) is 4.11. The van der Waals surface area contributed by atoms with Gasteiger partial charge in [-0.3, -0.25) is 4.79 Å². The van der Waals surface area contributed by atoms with Crippen LogP contribution >= 0.6 is 11.6 Å². The van der Waals surface area contributed by atoms with E-state index < -0.39 is 11.9 Å². The number of halogens is 1. The summed E-state index contributed by atoms with van der Waals surface area (Å²) >= 11 is 5.87. The third-order valence-corrected chi connectivity index (χ3v) is 4.52. The van der Waals surface area contributed by atoms with Gasteiger partial charge in [0.15, 0.2) is 18.1 Å². The first-order chi connectivity index (χ1) is 16.0. The number of methoxy groups -OCH3 is 2. The third-order valence-electron chi connectivity index (χ3n) is 4.28. The predicted molar refractivity (Wildman–Crippen MR) is 124 cm³/mol. The van der Waals surface area contributed by atoms with Gasteiger partial charge < -0.3 is 18.9 Å². The van der Waals surface area contributed by atoms with E-state index in [0.29, 0.717) is 33.4 Å². The van der Waals surface area contributed by atoms with Crippen LogP contribution in [-0.4, -0.2) is 38.9 Å². The van der Waals surface area contributed by atoms with E-state index in [2.05, 4.69) is 10.5 Å². The van der Waals surface area contributed by atoms with Crippen LogP contribution in [-0.2, 0) is 4.79 Å². The highest BCUT2D eigenvalue weighted by Gasteiger charge is 2.13. The lowest BCUT2D eigenvalue weighted by molar-refractivity contribution is -0.123. The van der Waals surface area contributed by atoms with Gasteiger partial charge in [0.05, 0.1) is 26.0 Å². The van der Waals surface area contributed by atoms with Crippen LogP contribution in [0.4, 0.5) is 0 Å². The summed E-state index contributed by atoms with van der Waals surface area (Å²) in [4.78, 5) is 24.3. The zero-order chi connectivity index (χ0) is 23.6. The molecule has 0 aromatic heterocycles. The van der Waals surface area contributed by atoms with E-state index in [-0.39, 0.29) is 12.4 Å². The van der Waals surface area contributed by atoms with Gasteiger partial charge in [-0.1, -0.05) is 17.7 Å². The average molecular weight is 469 g/mol. The van der Waals surface area contributed by atoms with Gasteiger partial charge in [-0.25, -0.2) is 10.2 Å². The van der Waals surface area contributed by atoms with Crippen LogP contribution in [0.1, 0.15) is 15.9 Å². The zero-order valence-corrected chi connectivity index (χ0v) is 18.7. The van der Waals surface area contributed by atoms with Gasteiger partial charge in [-0.15, -0.1) is 0 Å². The van der Waals surface area contributed by atoms with Crippen molar-refractivity contribution in [3.63, 3.8) is 0 Å². The number of esters is 1. The molecule has 0 radical (unpaired) electrons. The second-order valence-corrected chi connectivity index (χ2v) is 7.00. The standard InChI is InChI=1S/C24H21ClN2O6/c1-30-19-9-7-17(8-10-19)24(29)33-21-11-6-16(12-22(21)31-2)14-26-27-23(28)15-32-20-5-3-4-18(25)13-20/h3-14H,15H2,1-2H3,(H,27,28). The molecule has 0 heterocycles. The summed E-state index contributed by atoms with van der Waals surface area (Å²) in [5.74, 6) is 0.709. The largest absolute Gasteiger partial charge is 0.497 e. The molecule has 3 aromatic carbocycles. The Morgan fingerprint density at radius 2 is 1.73 bits per heavy atom. The molecule has 33 heavy (non-hydrogen) atoms. The number of nitrogens with zero attached hydrogens (tertiary/aromatic N) is 1. The molecular formula is C24H21ClN2O6. The van der Waals surface area contributed by atoms with Crippen LogP contribution in [0, 0.1) is 0 Å². The summed E-state index contributed by atoms with van der Waals surface area (Å²) in [5, 5.41) is 4.41. The minimum absolute atomic E-state index is 0.221. The highest BCUT2D eigenvalue weighted by atomic mass is 35.5. The highest BCUT2D eigenvalue weighted by Crippen LogP contribution is 2.28. The van der Waals surface area contributed by atoms with Crippen molar-refractivity contribution in [1.82, 2.24) is 5.43 Å². The summed E-state index contributed by atoms with van der Waals surface area (Å²) in [6.07, 6.45) is 1.43. The Morgan fingerprint density at radius 3 is 2.42 bits per heavy atom. The van der Waals surface area contributed by atoms with E-state index in [4.69, 9.17) is 30.5 Å². The third kappa shape index (κ3) is 6.98. The molecular weight excluding hydrogens is 448 g/mol. The number of hydrogen-bond donors (Lipinski definition) is 1. The lowest BCUT2D eigenvalue weighted by atomic mass is 10.2. The molecule has 0 aliphatic rings. The van der Waals surface area contributed by atoms with Crippen LogP contribution in [0.2, 0.25) is 5.02 Å². The van der Waals surface area contributed by atoms with Crippen molar-refractivity contribution in [2.45, 2.75) is 0 Å². The monoisotopic (exact) mass is 468 g/mol. The molecule has 0 unspecified atom stereocenters. The number of rotatable bonds is 9. The molecule has 0 saturated heterocycles. The minimum Gasteiger partial charge on any atom is -0.497 e. The number of amides is 1. The Balaban J connectivity index is 1.56. The molecule has 0 atom stereocenters. The summed E-state index contributed by atoms with van der Waals surface area (Å²) in [7, 11) is 3.00. The van der Waals surface area contributed by atoms with Gasteiger partial charge in [0.2, 0.25) is 0 Å². The Bertz CT molecular complexity index is 1150. The molecule has 0 fully saturated rings. The van der Waals surface area contributed by atoms with Crippen LogP contribution in [0.15, 0.2) is 71.8 Å². The molecule has 0 spiro atoms. The normalized spacial score (nSPS) is 10.5. The fraction of sp³-hybridized carbons (Fsp3) is 0.125. The van der Waals surface area contributed by atoms with Gasteiger partial charge >= 0.3 is 5.97 Å². The molecule has 9 heteroatoms. The molecule has 1 amide bonds. The molecule has 170 valence electrons. The molecule has 1 N–H and O–H groups in total. The topological polar surface area (TPSA) is 95.5 Å². The quantitative estimate of drug-likeness (QED) is 0.220. The van der Waals surface area contributed by atoms with Crippen molar-refractivity contribution >= 4 is 29.7 Å². The molecule has 3 aromatic rings. The Hall–Kier alpha value is -4.04. The first kappa shape index (κ1) is 23.6. The van der Waals surface area contributed by atoms with E-state index in [1.54, 1.807) is 73.8 Å². The Kier molecular flexibility index (Phi) is 8.26. The number of hydrazone groups is 1. The average Bonchev–Trinajstić information content (AvgIpc) is 2.83. The maximum absolute atomic E-state index is 12.4. The highest BCUT2D eigenvalue weighted by molar-refractivity contribution is 6.30. The summed E-state index contributed by atoms with van der Waals surface area (Å²) < 4.78 is 21.2. The van der Waals surface area contributed by atoms with Crippen molar-refractivity contribution in [2.75, 3.05) is 20.8 Å². The molecule has 0 aliphatic heterocycles. The smallest absolute Gasteiger partial charge is 0.343 e. The SMILES string of the molecule is COc1ccc(C(=O)Oc2ccc(C=NNC(=O)COc3cccc(Cl)c3)cc2OC)cc1. The second-order valence-electron chi connectivity index (χ2n) is 6.57. The summed E-state index contributed by atoms with van der Waals surface area (Å²) in [6, 6.07) is 18.1. The maximum atomic E-state index is 12.4. The van der Waals surface area contributed by atoms with Crippen LogP contribution < -0.4 is 24.4 Å². The van der Waals surface area contributed by atoms with E-state index in [9.17, 15) is 9.59 Å². The van der Waals surface area contributed by atoms with Crippen LogP contribution in [0.5, 0.6) is 23.0 Å². The lowest BCUT2D eigenvalue weighted by Gasteiger charge is -2.10. The molecule has 0 aliphatic carbocycles. The van der Waals surface area contributed by atoms with Crippen molar-refractivity contribution in [1.29, 1.82) is 0 Å². The minimum atomic E-state index is -0.538. The van der Waals surface area contributed by atoms with E-state index in [1.165, 1.54) is 13.3 Å². The van der Waals surface area contributed by atoms with Gasteiger partial charge in [0, 0.05) is 5.02 Å². The van der Waals surface area contributed by atoms with Crippen molar-refractivity contribution in [2.24, 2.45) is 5.10 Å². The van der Waals surface area contributed by atoms with E-state index >= 15 is 0 Å². The van der Waals surface area contributed by atoms with E-state index in [1.807, 2.05) is 0 Å². The summed E-state index contributed by atoms with van der Waals surface area (Å²) in [6.45, 7) is -0.221. The number of carbonyl (C=O) groups is 2. The molecule has 8 nitrogen and oxygen atoms in total. The number of benzene rings is 3. The van der Waals surface area contributed by atoms with Crippen molar-refractivity contribution < 1.29 is 28.5 Å². The van der Waals surface area contributed by atoms with Crippen molar-refractivity contribution in [3.05, 3.63) is 82.9 Å². The molecule has 0 bridgehead atoms. The lowest BCUT2D eigenvalue weighted by Crippen LogP contribution is -2.24. The van der Waals surface area contributed by atoms with Gasteiger partial charge in [-0.2, -0.15) is 5.10 Å². The number of hydrogen-bond acceptors (Lipinski definition) is 7. The first-order valence-corrected chi connectivity index (χ1v) is 10.1. The maximum Gasteiger partial charge on any atom is 0.343 e. The molecule has 3 rings (SSSR count). The Morgan fingerprint density at radius 1 is 0.939 bits per heavy atom. The van der Waals surface area contributed by atoms with Crippen molar-refractivity contribution in [3.8, 4) is 23.0 Å². The van der Waals surface area contributed by atoms with Gasteiger partial charge in [0.25, 0.3) is 5.91 Å². The van der Waals surface area contributed by atoms with Gasteiger partial charge in [0.1, 0.15) is 11.5 Å². The Labute approximate surface area is 195 Å².